The lowest BCUT2D eigenvalue weighted by Gasteiger charge is -2.16. The Morgan fingerprint density at radius 2 is 1.93 bits per heavy atom. The quantitative estimate of drug-likeness (QED) is 0.429. The number of likely N-dealkylation sites (N-methyl/N-ethyl adjacent to an activating group) is 1. The predicted molar refractivity (Wildman–Crippen MR) is 60.3 cm³/mol. The van der Waals surface area contributed by atoms with Gasteiger partial charge in [0, 0.05) is 26.2 Å². The molecule has 15 heavy (non-hydrogen) atoms. The lowest BCUT2D eigenvalue weighted by molar-refractivity contribution is 0.135. The maximum absolute atomic E-state index is 10.7. The molecule has 6 nitrogen and oxygen atoms in total. The number of nitrogens with one attached hydrogen (secondary N) is 2. The van der Waals surface area contributed by atoms with Crippen molar-refractivity contribution in [2.45, 2.75) is 6.10 Å². The van der Waals surface area contributed by atoms with Crippen LogP contribution in [0.2, 0.25) is 0 Å². The van der Waals surface area contributed by atoms with Gasteiger partial charge in [0.1, 0.15) is 0 Å². The molecule has 0 spiro atoms. The third-order valence-electron chi connectivity index (χ3n) is 1.62. The van der Waals surface area contributed by atoms with Crippen LogP contribution in [0.15, 0.2) is 0 Å². The molecule has 1 unspecified atom stereocenters. The number of aliphatic hydroxyl groups excluding tert-OH is 1. The number of nitrogens with zero attached hydrogens (tertiary/aromatic N) is 1. The number of aliphatic hydroxyl groups is 1. The highest BCUT2D eigenvalue weighted by Crippen LogP contribution is 1.83. The van der Waals surface area contributed by atoms with Gasteiger partial charge >= 0.3 is 0 Å². The van der Waals surface area contributed by atoms with Crippen LogP contribution in [0.3, 0.4) is 0 Å². The van der Waals surface area contributed by atoms with E-state index in [2.05, 4.69) is 10.0 Å². The normalized spacial score (nSPS) is 14.5. The Balaban J connectivity index is 3.39. The Morgan fingerprint density at radius 3 is 2.40 bits per heavy atom. The van der Waals surface area contributed by atoms with Crippen LogP contribution in [0.25, 0.3) is 0 Å². The Hall–Kier alpha value is -0.210. The summed E-state index contributed by atoms with van der Waals surface area (Å²) in [5.41, 5.74) is 0. The van der Waals surface area contributed by atoms with Gasteiger partial charge in [0.25, 0.3) is 0 Å². The van der Waals surface area contributed by atoms with E-state index < -0.39 is 16.1 Å². The molecule has 0 saturated carbocycles. The van der Waals surface area contributed by atoms with Crippen molar-refractivity contribution in [3.05, 3.63) is 0 Å². The van der Waals surface area contributed by atoms with Crippen LogP contribution in [0, 0.1) is 0 Å². The molecule has 0 bridgehead atoms. The summed E-state index contributed by atoms with van der Waals surface area (Å²) < 4.78 is 23.7. The van der Waals surface area contributed by atoms with E-state index in [9.17, 15) is 13.5 Å². The van der Waals surface area contributed by atoms with Gasteiger partial charge in [0.05, 0.1) is 12.4 Å². The first kappa shape index (κ1) is 14.8. The summed E-state index contributed by atoms with van der Waals surface area (Å²) >= 11 is 0. The fraction of sp³-hybridized carbons (Fsp3) is 1.00. The first-order valence-electron chi connectivity index (χ1n) is 4.79. The SMILES string of the molecule is CN(C)CC(O)CNCCNS(C)(=O)=O. The third kappa shape index (κ3) is 11.7. The molecule has 0 aromatic heterocycles. The summed E-state index contributed by atoms with van der Waals surface area (Å²) in [6.45, 7) is 1.90. The number of hydrogen-bond acceptors (Lipinski definition) is 5. The summed E-state index contributed by atoms with van der Waals surface area (Å²) in [4.78, 5) is 1.89. The molecular formula is C8H21N3O3S. The van der Waals surface area contributed by atoms with Crippen molar-refractivity contribution in [3.63, 3.8) is 0 Å². The zero-order chi connectivity index (χ0) is 11.9. The van der Waals surface area contributed by atoms with Crippen LogP contribution in [0.4, 0.5) is 0 Å². The predicted octanol–water partition coefficient (Wildman–Crippen LogP) is -1.95. The van der Waals surface area contributed by atoms with E-state index in [4.69, 9.17) is 0 Å². The van der Waals surface area contributed by atoms with Crippen LogP contribution in [0.1, 0.15) is 0 Å². The van der Waals surface area contributed by atoms with Crippen molar-refractivity contribution in [2.75, 3.05) is 46.5 Å². The first-order chi connectivity index (χ1) is 6.81. The van der Waals surface area contributed by atoms with E-state index in [-0.39, 0.29) is 0 Å². The van der Waals surface area contributed by atoms with Crippen LogP contribution < -0.4 is 10.0 Å². The molecule has 3 N–H and O–H groups in total. The highest BCUT2D eigenvalue weighted by atomic mass is 32.2. The van der Waals surface area contributed by atoms with Gasteiger partial charge in [0.15, 0.2) is 0 Å². The van der Waals surface area contributed by atoms with Gasteiger partial charge in [-0.2, -0.15) is 0 Å². The first-order valence-corrected chi connectivity index (χ1v) is 6.68. The third-order valence-corrected chi connectivity index (χ3v) is 2.35. The van der Waals surface area contributed by atoms with Gasteiger partial charge in [-0.05, 0) is 14.1 Å². The van der Waals surface area contributed by atoms with E-state index in [0.29, 0.717) is 26.2 Å². The van der Waals surface area contributed by atoms with Gasteiger partial charge in [0.2, 0.25) is 10.0 Å². The minimum absolute atomic E-state index is 0.341. The molecule has 7 heteroatoms. The lowest BCUT2D eigenvalue weighted by Crippen LogP contribution is -2.38. The molecule has 0 amide bonds. The Bertz CT molecular complexity index is 254. The Kier molecular flexibility index (Phi) is 7.03. The summed E-state index contributed by atoms with van der Waals surface area (Å²) in [5, 5.41) is 12.4. The second-order valence-corrected chi connectivity index (χ2v) is 5.62. The average molecular weight is 239 g/mol. The molecule has 1 atom stereocenters. The van der Waals surface area contributed by atoms with Crippen molar-refractivity contribution in [1.82, 2.24) is 14.9 Å². The maximum Gasteiger partial charge on any atom is 0.208 e. The van der Waals surface area contributed by atoms with Gasteiger partial charge < -0.3 is 15.3 Å². The number of rotatable bonds is 8. The van der Waals surface area contributed by atoms with Crippen molar-refractivity contribution in [3.8, 4) is 0 Å². The van der Waals surface area contributed by atoms with Crippen molar-refractivity contribution in [2.24, 2.45) is 0 Å². The summed E-state index contributed by atoms with van der Waals surface area (Å²) in [5.74, 6) is 0. The van der Waals surface area contributed by atoms with Crippen molar-refractivity contribution < 1.29 is 13.5 Å². The van der Waals surface area contributed by atoms with E-state index in [0.717, 1.165) is 6.26 Å². The lowest BCUT2D eigenvalue weighted by atomic mass is 10.3. The summed E-state index contributed by atoms with van der Waals surface area (Å²) in [6, 6.07) is 0. The summed E-state index contributed by atoms with van der Waals surface area (Å²) in [7, 11) is 0.662. The molecule has 0 radical (unpaired) electrons. The average Bonchev–Trinajstić information content (AvgIpc) is 1.99. The fourth-order valence-electron chi connectivity index (χ4n) is 1.08. The van der Waals surface area contributed by atoms with E-state index in [1.807, 2.05) is 19.0 Å². The summed E-state index contributed by atoms with van der Waals surface area (Å²) in [6.07, 6.45) is 0.687. The van der Waals surface area contributed by atoms with Gasteiger partial charge in [-0.3, -0.25) is 0 Å². The fourth-order valence-corrected chi connectivity index (χ4v) is 1.55. The second kappa shape index (κ2) is 7.13. The highest BCUT2D eigenvalue weighted by molar-refractivity contribution is 7.88. The Morgan fingerprint density at radius 1 is 1.33 bits per heavy atom. The number of sulfonamides is 1. The molecule has 0 aromatic carbocycles. The highest BCUT2D eigenvalue weighted by Gasteiger charge is 2.04. The number of hydrogen-bond donors (Lipinski definition) is 3. The smallest absolute Gasteiger partial charge is 0.208 e. The van der Waals surface area contributed by atoms with Crippen LogP contribution in [-0.2, 0) is 10.0 Å². The minimum atomic E-state index is -3.10. The second-order valence-electron chi connectivity index (χ2n) is 3.79. The largest absolute Gasteiger partial charge is 0.390 e. The topological polar surface area (TPSA) is 81.7 Å². The standard InChI is InChI=1S/C8H21N3O3S/c1-11(2)7-8(12)6-9-4-5-10-15(3,13)14/h8-10,12H,4-7H2,1-3H3. The molecule has 0 heterocycles. The molecule has 0 aliphatic heterocycles. The molecule has 0 saturated heterocycles. The van der Waals surface area contributed by atoms with Crippen molar-refractivity contribution >= 4 is 10.0 Å². The Labute approximate surface area is 91.7 Å². The molecule has 0 fully saturated rings. The van der Waals surface area contributed by atoms with Crippen LogP contribution >= 0.6 is 0 Å². The molecule has 0 aromatic rings. The molecular weight excluding hydrogens is 218 g/mol. The van der Waals surface area contributed by atoms with E-state index in [1.54, 1.807) is 0 Å². The van der Waals surface area contributed by atoms with Crippen LogP contribution in [0.5, 0.6) is 0 Å². The molecule has 0 aliphatic rings. The van der Waals surface area contributed by atoms with Gasteiger partial charge in [-0.1, -0.05) is 0 Å². The van der Waals surface area contributed by atoms with Crippen molar-refractivity contribution in [1.29, 1.82) is 0 Å². The van der Waals surface area contributed by atoms with E-state index in [1.165, 1.54) is 0 Å². The van der Waals surface area contributed by atoms with Crippen LogP contribution in [-0.4, -0.2) is 71.1 Å². The van der Waals surface area contributed by atoms with E-state index >= 15 is 0 Å². The minimum Gasteiger partial charge on any atom is -0.390 e. The zero-order valence-corrected chi connectivity index (χ0v) is 10.3. The van der Waals surface area contributed by atoms with Gasteiger partial charge in [-0.25, -0.2) is 13.1 Å². The van der Waals surface area contributed by atoms with Gasteiger partial charge in [-0.15, -0.1) is 0 Å². The maximum atomic E-state index is 10.7. The molecule has 92 valence electrons. The molecule has 0 rings (SSSR count). The monoisotopic (exact) mass is 239 g/mol. The molecule has 0 aliphatic carbocycles. The zero-order valence-electron chi connectivity index (χ0n) is 9.52.